The number of morpholine rings is 1. The average Bonchev–Trinajstić information content (AvgIpc) is 1.61. The monoisotopic (exact) mass is 1740 g/mol. The first-order valence-corrected chi connectivity index (χ1v) is 43.6. The van der Waals surface area contributed by atoms with E-state index in [0.29, 0.717) is 90.6 Å². The van der Waals surface area contributed by atoms with Crippen LogP contribution in [0.15, 0.2) is 146 Å². The number of benzene rings is 6. The van der Waals surface area contributed by atoms with E-state index in [1.807, 2.05) is 54.6 Å². The Morgan fingerprint density at radius 1 is 0.565 bits per heavy atom. The molecule has 14 amide bonds. The van der Waals surface area contributed by atoms with Crippen LogP contribution in [-0.2, 0) is 101 Å². The Morgan fingerprint density at radius 3 is 1.64 bits per heavy atom. The van der Waals surface area contributed by atoms with E-state index in [-0.39, 0.29) is 118 Å². The van der Waals surface area contributed by atoms with Crippen LogP contribution in [-0.4, -0.2) is 227 Å². The van der Waals surface area contributed by atoms with Crippen molar-refractivity contribution in [2.75, 3.05) is 57.1 Å². The fraction of sp³-hybridized carbons (Fsp3) is 0.461. The first kappa shape index (κ1) is 94.5. The summed E-state index contributed by atoms with van der Waals surface area (Å²) in [6.07, 6.45) is 1.93. The van der Waals surface area contributed by atoms with Gasteiger partial charge in [0.15, 0.2) is 5.96 Å². The summed E-state index contributed by atoms with van der Waals surface area (Å²) < 4.78 is 5.57. The number of aliphatic hydroxyl groups is 1. The maximum atomic E-state index is 15.6. The molecule has 0 saturated carbocycles. The second-order valence-corrected chi connectivity index (χ2v) is 34.1. The number of unbranched alkanes of at least 4 members (excludes halogenated alkanes) is 1. The number of rotatable bonds is 44. The fourth-order valence-corrected chi connectivity index (χ4v) is 17.2. The van der Waals surface area contributed by atoms with E-state index in [4.69, 9.17) is 33.2 Å². The van der Waals surface area contributed by atoms with Crippen LogP contribution in [0.5, 0.6) is 0 Å². The van der Waals surface area contributed by atoms with Crippen molar-refractivity contribution in [3.05, 3.63) is 184 Å². The number of ether oxygens (including phenoxy) is 1. The normalized spacial score (nSPS) is 18.3. The molecule has 0 aromatic heterocycles. The van der Waals surface area contributed by atoms with Gasteiger partial charge in [0.25, 0.3) is 0 Å². The van der Waals surface area contributed by atoms with Gasteiger partial charge in [0.1, 0.15) is 60.4 Å². The second kappa shape index (κ2) is 46.7. The SMILES string of the molecule is CC(=O)Nc1ccc(C[C@@H](NC(=O)[C@H](Cc2ccc(CN3CCOCC3)cc2)NC(=O)[C@H](CO)NC(=O)[C@@H](Cc2ccccc2)NC(=O)[C@@H](Cc2ccc(Cl)cc2)NC(=O)[C@@H](Cc2ccc3ccccc3c2)NC(=O)CCCC[C@H]2SC[C@H]3NC(=O)N[C@H]32)C(=O)N[C@@H](CC(C)C)C(=O)N[C@@H](CCCNC(=N)N)C(=O)N2CCC[C@H]2C(=O)N[C@H](C)C(N)=O)cc1. The number of likely N-dealkylation sites (tertiary alicyclic amines) is 1. The number of amides is 14. The van der Waals surface area contributed by atoms with Crippen LogP contribution in [0, 0.1) is 11.3 Å². The van der Waals surface area contributed by atoms with Crippen molar-refractivity contribution in [2.24, 2.45) is 17.4 Å². The zero-order chi connectivity index (χ0) is 88.9. The minimum atomic E-state index is -1.84. The summed E-state index contributed by atoms with van der Waals surface area (Å²) in [7, 11) is 0. The Labute approximate surface area is 730 Å². The smallest absolute Gasteiger partial charge is 0.315 e. The molecule has 0 bridgehead atoms. The van der Waals surface area contributed by atoms with Crippen LogP contribution in [0.2, 0.25) is 5.02 Å². The number of anilines is 1. The van der Waals surface area contributed by atoms with Crippen LogP contribution in [0.4, 0.5) is 10.5 Å². The minimum absolute atomic E-state index is 0.00985. The number of urea groups is 1. The van der Waals surface area contributed by atoms with Gasteiger partial charge in [0, 0.05) is 99.9 Å². The van der Waals surface area contributed by atoms with Crippen LogP contribution in [0.25, 0.3) is 10.8 Å². The molecule has 4 saturated heterocycles. The van der Waals surface area contributed by atoms with E-state index in [0.717, 1.165) is 28.5 Å². The molecule has 4 heterocycles. The first-order chi connectivity index (χ1) is 59.5. The molecule has 35 heteroatoms. The highest BCUT2D eigenvalue weighted by atomic mass is 35.5. The van der Waals surface area contributed by atoms with Crippen molar-refractivity contribution >= 4 is 123 Å². The van der Waals surface area contributed by atoms with Crippen LogP contribution in [0.3, 0.4) is 0 Å². The van der Waals surface area contributed by atoms with Crippen molar-refractivity contribution in [1.29, 1.82) is 5.41 Å². The maximum Gasteiger partial charge on any atom is 0.315 e. The predicted octanol–water partition coefficient (Wildman–Crippen LogP) is 2.68. The average molecular weight is 1740 g/mol. The molecule has 0 radical (unpaired) electrons. The molecule has 19 N–H and O–H groups in total. The zero-order valence-electron chi connectivity index (χ0n) is 70.2. The number of fused-ring (bicyclic) bond motifs is 2. The number of nitrogens with one attached hydrogen (secondary N) is 14. The van der Waals surface area contributed by atoms with Crippen molar-refractivity contribution < 1.29 is 72.2 Å². The number of primary amides is 1. The summed E-state index contributed by atoms with van der Waals surface area (Å²) in [5.41, 5.74) is 15.2. The van der Waals surface area contributed by atoms with Gasteiger partial charge in [-0.3, -0.25) is 67.8 Å². The number of guanidine groups is 1. The highest BCUT2D eigenvalue weighted by molar-refractivity contribution is 8.00. The van der Waals surface area contributed by atoms with Gasteiger partial charge in [-0.25, -0.2) is 4.79 Å². The molecule has 0 unspecified atom stereocenters. The maximum absolute atomic E-state index is 15.6. The number of aliphatic hydroxyl groups excluding tert-OH is 1. The molecule has 10 rings (SSSR count). The summed E-state index contributed by atoms with van der Waals surface area (Å²) >= 11 is 8.14. The third kappa shape index (κ3) is 29.0. The Balaban J connectivity index is 0.909. The van der Waals surface area contributed by atoms with Gasteiger partial charge >= 0.3 is 6.03 Å². The number of thioether (sulfide) groups is 1. The lowest BCUT2D eigenvalue weighted by atomic mass is 9.99. The summed E-state index contributed by atoms with van der Waals surface area (Å²) in [6, 6.07) is 28.1. The highest BCUT2D eigenvalue weighted by Crippen LogP contribution is 2.34. The number of hydrogen-bond donors (Lipinski definition) is 17. The van der Waals surface area contributed by atoms with E-state index in [1.165, 1.54) is 18.7 Å². The van der Waals surface area contributed by atoms with E-state index in [2.05, 4.69) is 74.0 Å². The molecule has 33 nitrogen and oxygen atoms in total. The van der Waals surface area contributed by atoms with Crippen LogP contribution >= 0.6 is 23.4 Å². The van der Waals surface area contributed by atoms with Crippen molar-refractivity contribution in [1.82, 2.24) is 73.6 Å². The topological polar surface area (TPSA) is 490 Å². The van der Waals surface area contributed by atoms with E-state index in [1.54, 1.807) is 117 Å². The summed E-state index contributed by atoms with van der Waals surface area (Å²) in [5, 5.41) is 57.8. The molecule has 0 spiro atoms. The van der Waals surface area contributed by atoms with Gasteiger partial charge in [-0.1, -0.05) is 153 Å². The summed E-state index contributed by atoms with van der Waals surface area (Å²) in [6.45, 7) is 8.60. The summed E-state index contributed by atoms with van der Waals surface area (Å²) in [5.74, 6) is -8.94. The van der Waals surface area contributed by atoms with Gasteiger partial charge in [-0.05, 0) is 126 Å². The molecule has 6 aromatic rings. The third-order valence-corrected chi connectivity index (χ3v) is 24.0. The van der Waals surface area contributed by atoms with Crippen molar-refractivity contribution in [3.63, 3.8) is 0 Å². The van der Waals surface area contributed by atoms with E-state index >= 15 is 28.8 Å². The number of carbonyl (C=O) groups is 13. The molecule has 4 aliphatic rings. The minimum Gasteiger partial charge on any atom is -0.394 e. The molecule has 13 atom stereocenters. The lowest BCUT2D eigenvalue weighted by Gasteiger charge is -2.31. The van der Waals surface area contributed by atoms with E-state index in [9.17, 15) is 38.7 Å². The summed E-state index contributed by atoms with van der Waals surface area (Å²) in [4.78, 5) is 189. The highest BCUT2D eigenvalue weighted by Gasteiger charge is 2.44. The number of hydrogen-bond acceptors (Lipinski definition) is 18. The van der Waals surface area contributed by atoms with Gasteiger partial charge in [-0.2, -0.15) is 11.8 Å². The first-order valence-electron chi connectivity index (χ1n) is 42.2. The molecule has 6 aromatic carbocycles. The predicted molar refractivity (Wildman–Crippen MR) is 470 cm³/mol. The molecule has 664 valence electrons. The molecule has 124 heavy (non-hydrogen) atoms. The number of nitrogens with zero attached hydrogens (tertiary/aromatic N) is 2. The molecule has 0 aliphatic carbocycles. The van der Waals surface area contributed by atoms with Crippen LogP contribution < -0.4 is 80.6 Å². The Hall–Kier alpha value is -11.7. The Morgan fingerprint density at radius 2 is 1.06 bits per heavy atom. The number of halogens is 1. The lowest BCUT2D eigenvalue weighted by Crippen LogP contribution is -2.62. The van der Waals surface area contributed by atoms with Gasteiger partial charge < -0.3 is 95.3 Å². The molecular formula is C89H115ClN18O15S. The molecule has 4 fully saturated rings. The molecular weight excluding hydrogens is 1630 g/mol. The third-order valence-electron chi connectivity index (χ3n) is 22.2. The number of carbonyl (C=O) groups excluding carboxylic acids is 13. The van der Waals surface area contributed by atoms with Gasteiger partial charge in [-0.15, -0.1) is 0 Å². The standard InChI is InChI=1S/C89H115ClN18O15S/c1-52(2)42-66(79(113)98-65(18-12-36-94-88(92)93)87(121)108-37-13-19-74(108)86(120)95-53(3)78(91)112)99-81(115)70(47-58-29-34-64(35-30-58)96-54(4)110)102-83(117)71(45-56-22-24-59(25-23-56)49-107-38-40-123-41-39-107)103-85(119)72(50-109)104-84(118)68(44-55-14-6-5-7-15-55)101-82(116)69(46-57-27-32-63(90)33-28-57)100-80(114)67(48-60-26-31-61-16-8-9-17-62(61)43-60)97-76(111)21-11-10-20-75-77-73(51-124-75)105-89(122)106-77/h5-9,14-17,22-35,43,52-53,65-75,77,109H,10-13,18-21,36-42,44-51H2,1-4H3,(H2,91,112)(H,95,120)(H,96,110)(H,97,111)(H,98,113)(H,99,115)(H,100,114)(H,101,116)(H,102,117)(H,103,119)(H,104,118)(H4,92,93,94)(H2,105,106,122)/t53-,65+,66+,67-,68-,69-,70-,71+,72+,73-,74+,75-,77-/m1/s1. The Kier molecular flexibility index (Phi) is 35.6. The Bertz CT molecular complexity index is 4720. The second-order valence-electron chi connectivity index (χ2n) is 32.4. The van der Waals surface area contributed by atoms with Crippen LogP contribution in [0.1, 0.15) is 119 Å². The van der Waals surface area contributed by atoms with Crippen molar-refractivity contribution in [2.45, 2.75) is 202 Å². The largest absolute Gasteiger partial charge is 0.394 e. The number of nitrogens with two attached hydrogens (primary N) is 2. The zero-order valence-corrected chi connectivity index (χ0v) is 71.8. The molecule has 4 aliphatic heterocycles. The van der Waals surface area contributed by atoms with E-state index < -0.39 is 132 Å². The van der Waals surface area contributed by atoms with Gasteiger partial charge in [0.2, 0.25) is 70.9 Å². The fourth-order valence-electron chi connectivity index (χ4n) is 15.6. The van der Waals surface area contributed by atoms with Crippen molar-refractivity contribution in [3.8, 4) is 0 Å². The van der Waals surface area contributed by atoms with Gasteiger partial charge in [0.05, 0.1) is 31.9 Å². The quantitative estimate of drug-likeness (QED) is 0.0113. The lowest BCUT2D eigenvalue weighted by molar-refractivity contribution is -0.142.